The molecule has 2 aromatic heterocycles. The van der Waals surface area contributed by atoms with E-state index in [4.69, 9.17) is 4.74 Å². The number of nitrogens with zero attached hydrogens (tertiary/aromatic N) is 4. The summed E-state index contributed by atoms with van der Waals surface area (Å²) in [6.45, 7) is 4.15. The number of likely N-dealkylation sites (tertiary alicyclic amines) is 1. The minimum absolute atomic E-state index is 0.00522. The lowest BCUT2D eigenvalue weighted by molar-refractivity contribution is 0.0589. The first-order valence-electron chi connectivity index (χ1n) is 8.58. The fourth-order valence-electron chi connectivity index (χ4n) is 3.03. The molecule has 1 aliphatic rings. The van der Waals surface area contributed by atoms with Crippen molar-refractivity contribution in [3.63, 3.8) is 0 Å². The van der Waals surface area contributed by atoms with Crippen molar-refractivity contribution in [3.05, 3.63) is 42.2 Å². The Bertz CT molecular complexity index is 847. The van der Waals surface area contributed by atoms with Gasteiger partial charge in [-0.05, 0) is 25.1 Å². The van der Waals surface area contributed by atoms with Gasteiger partial charge in [0.15, 0.2) is 0 Å². The number of para-hydroxylation sites is 1. The average molecular weight is 356 g/mol. The number of carbonyl (C=O) groups excluding carboxylic acids is 1. The normalized spacial score (nSPS) is 15.6. The molecule has 0 bridgehead atoms. The van der Waals surface area contributed by atoms with E-state index in [1.54, 1.807) is 22.1 Å². The Kier molecular flexibility index (Phi) is 4.40. The molecule has 0 spiro atoms. The summed E-state index contributed by atoms with van der Waals surface area (Å²) in [6, 6.07) is 9.82. The highest BCUT2D eigenvalue weighted by atomic mass is 32.1. The van der Waals surface area contributed by atoms with E-state index < -0.39 is 0 Å². The summed E-state index contributed by atoms with van der Waals surface area (Å²) in [6.07, 6.45) is 3.58. The van der Waals surface area contributed by atoms with Gasteiger partial charge in [-0.3, -0.25) is 9.48 Å². The van der Waals surface area contributed by atoms with Crippen molar-refractivity contribution >= 4 is 27.5 Å². The summed E-state index contributed by atoms with van der Waals surface area (Å²) in [7, 11) is 0. The molecule has 0 atom stereocenters. The summed E-state index contributed by atoms with van der Waals surface area (Å²) in [5.41, 5.74) is 1.49. The van der Waals surface area contributed by atoms with Gasteiger partial charge in [-0.2, -0.15) is 5.10 Å². The minimum atomic E-state index is 0.00522. The van der Waals surface area contributed by atoms with Gasteiger partial charge >= 0.3 is 0 Å². The number of rotatable bonds is 4. The summed E-state index contributed by atoms with van der Waals surface area (Å²) in [4.78, 5) is 18.9. The lowest BCUT2D eigenvalue weighted by atomic mass is 10.1. The molecule has 6 nitrogen and oxygen atoms in total. The fourth-order valence-corrected chi connectivity index (χ4v) is 3.92. The van der Waals surface area contributed by atoms with Crippen molar-refractivity contribution in [1.82, 2.24) is 19.7 Å². The van der Waals surface area contributed by atoms with Crippen LogP contribution in [0.5, 0.6) is 5.19 Å². The Morgan fingerprint density at radius 2 is 2.08 bits per heavy atom. The summed E-state index contributed by atoms with van der Waals surface area (Å²) >= 11 is 1.57. The van der Waals surface area contributed by atoms with Crippen LogP contribution in [0.15, 0.2) is 36.5 Å². The molecule has 1 aromatic carbocycles. The van der Waals surface area contributed by atoms with E-state index in [-0.39, 0.29) is 12.0 Å². The molecule has 0 unspecified atom stereocenters. The fraction of sp³-hybridized carbons (Fsp3) is 0.389. The predicted octanol–water partition coefficient (Wildman–Crippen LogP) is 3.20. The van der Waals surface area contributed by atoms with Gasteiger partial charge in [-0.15, -0.1) is 0 Å². The van der Waals surface area contributed by atoms with E-state index in [0.717, 1.165) is 29.6 Å². The third kappa shape index (κ3) is 3.37. The number of amides is 1. The monoisotopic (exact) mass is 356 g/mol. The van der Waals surface area contributed by atoms with Crippen molar-refractivity contribution in [2.24, 2.45) is 0 Å². The Morgan fingerprint density at radius 1 is 1.28 bits per heavy atom. The Balaban J connectivity index is 1.35. The van der Waals surface area contributed by atoms with Crippen molar-refractivity contribution in [3.8, 4) is 5.19 Å². The van der Waals surface area contributed by atoms with Crippen LogP contribution in [0.1, 0.15) is 30.3 Å². The van der Waals surface area contributed by atoms with E-state index in [9.17, 15) is 4.79 Å². The summed E-state index contributed by atoms with van der Waals surface area (Å²) < 4.78 is 8.96. The zero-order valence-electron chi connectivity index (χ0n) is 14.1. The molecule has 0 N–H and O–H groups in total. The van der Waals surface area contributed by atoms with Crippen LogP contribution in [0, 0.1) is 0 Å². The molecular weight excluding hydrogens is 336 g/mol. The largest absolute Gasteiger partial charge is 0.467 e. The van der Waals surface area contributed by atoms with Crippen molar-refractivity contribution in [2.75, 3.05) is 13.1 Å². The summed E-state index contributed by atoms with van der Waals surface area (Å²) in [5, 5.41) is 5.02. The Hall–Kier alpha value is -2.41. The molecule has 1 aliphatic heterocycles. The van der Waals surface area contributed by atoms with Crippen LogP contribution in [-0.4, -0.2) is 44.8 Å². The van der Waals surface area contributed by atoms with Crippen LogP contribution < -0.4 is 4.74 Å². The molecule has 3 heterocycles. The van der Waals surface area contributed by atoms with Gasteiger partial charge < -0.3 is 9.64 Å². The van der Waals surface area contributed by atoms with Crippen molar-refractivity contribution in [1.29, 1.82) is 0 Å². The number of aromatic nitrogens is 3. The first-order valence-corrected chi connectivity index (χ1v) is 9.39. The number of benzene rings is 1. The number of aryl methyl sites for hydroxylation is 1. The Morgan fingerprint density at radius 3 is 2.80 bits per heavy atom. The standard InChI is InChI=1S/C18H20N4O2S/c1-2-22-12-9-15(20-22)17(23)21-10-7-13(8-11-21)24-18-19-14-5-3-4-6-16(14)25-18/h3-6,9,12-13H,2,7-8,10-11H2,1H3. The molecule has 1 saturated heterocycles. The number of thiazole rings is 1. The van der Waals surface area contributed by atoms with E-state index in [1.165, 1.54) is 0 Å². The van der Waals surface area contributed by atoms with Crippen LogP contribution >= 0.6 is 11.3 Å². The number of carbonyl (C=O) groups is 1. The zero-order chi connectivity index (χ0) is 17.2. The van der Waals surface area contributed by atoms with Crippen molar-refractivity contribution in [2.45, 2.75) is 32.4 Å². The van der Waals surface area contributed by atoms with E-state index in [2.05, 4.69) is 16.1 Å². The molecule has 4 rings (SSSR count). The molecule has 0 aliphatic carbocycles. The third-order valence-corrected chi connectivity index (χ3v) is 5.38. The first kappa shape index (κ1) is 16.1. The molecule has 25 heavy (non-hydrogen) atoms. The van der Waals surface area contributed by atoms with Crippen LogP contribution in [0.3, 0.4) is 0 Å². The SMILES string of the molecule is CCn1ccc(C(=O)N2CCC(Oc3nc4ccccc4s3)CC2)n1. The maximum absolute atomic E-state index is 12.5. The van der Waals surface area contributed by atoms with Gasteiger partial charge in [-0.1, -0.05) is 23.5 Å². The van der Waals surface area contributed by atoms with Gasteiger partial charge in [0.2, 0.25) is 0 Å². The zero-order valence-corrected chi connectivity index (χ0v) is 14.9. The van der Waals surface area contributed by atoms with Crippen LogP contribution in [0.2, 0.25) is 0 Å². The maximum Gasteiger partial charge on any atom is 0.274 e. The molecule has 1 amide bonds. The minimum Gasteiger partial charge on any atom is -0.467 e. The Labute approximate surface area is 150 Å². The van der Waals surface area contributed by atoms with E-state index in [1.807, 2.05) is 36.2 Å². The third-order valence-electron chi connectivity index (χ3n) is 4.45. The molecule has 7 heteroatoms. The molecule has 3 aromatic rings. The van der Waals surface area contributed by atoms with E-state index >= 15 is 0 Å². The summed E-state index contributed by atoms with van der Waals surface area (Å²) in [5.74, 6) is 0.00522. The predicted molar refractivity (Wildman–Crippen MR) is 97.1 cm³/mol. The van der Waals surface area contributed by atoms with Crippen LogP contribution in [-0.2, 0) is 6.54 Å². The first-order chi connectivity index (χ1) is 12.2. The lowest BCUT2D eigenvalue weighted by Gasteiger charge is -2.31. The van der Waals surface area contributed by atoms with Gasteiger partial charge in [0, 0.05) is 38.7 Å². The topological polar surface area (TPSA) is 60.2 Å². The molecule has 130 valence electrons. The highest BCUT2D eigenvalue weighted by molar-refractivity contribution is 7.20. The van der Waals surface area contributed by atoms with E-state index in [0.29, 0.717) is 24.0 Å². The highest BCUT2D eigenvalue weighted by Gasteiger charge is 2.26. The number of fused-ring (bicyclic) bond motifs is 1. The van der Waals surface area contributed by atoms with Gasteiger partial charge in [-0.25, -0.2) is 4.98 Å². The second-order valence-corrected chi connectivity index (χ2v) is 7.11. The van der Waals surface area contributed by atoms with Crippen LogP contribution in [0.25, 0.3) is 10.2 Å². The molecule has 0 saturated carbocycles. The smallest absolute Gasteiger partial charge is 0.274 e. The van der Waals surface area contributed by atoms with Gasteiger partial charge in [0.1, 0.15) is 11.8 Å². The number of ether oxygens (including phenoxy) is 1. The van der Waals surface area contributed by atoms with Crippen LogP contribution in [0.4, 0.5) is 0 Å². The van der Waals surface area contributed by atoms with Gasteiger partial charge in [0.25, 0.3) is 11.1 Å². The number of piperidine rings is 1. The highest BCUT2D eigenvalue weighted by Crippen LogP contribution is 2.29. The number of hydrogen-bond acceptors (Lipinski definition) is 5. The lowest BCUT2D eigenvalue weighted by Crippen LogP contribution is -2.42. The maximum atomic E-state index is 12.5. The van der Waals surface area contributed by atoms with Crippen molar-refractivity contribution < 1.29 is 9.53 Å². The second kappa shape index (κ2) is 6.84. The second-order valence-electron chi connectivity index (χ2n) is 6.11. The molecular formula is C18H20N4O2S. The quantitative estimate of drug-likeness (QED) is 0.720. The average Bonchev–Trinajstić information content (AvgIpc) is 3.28. The molecule has 1 fully saturated rings. The van der Waals surface area contributed by atoms with Gasteiger partial charge in [0.05, 0.1) is 10.2 Å². The molecule has 0 radical (unpaired) electrons. The number of hydrogen-bond donors (Lipinski definition) is 0.